The fourth-order valence-electron chi connectivity index (χ4n) is 4.30. The summed E-state index contributed by atoms with van der Waals surface area (Å²) in [6, 6.07) is 0.636. The molecule has 19 heavy (non-hydrogen) atoms. The van der Waals surface area contributed by atoms with Crippen LogP contribution < -0.4 is 5.32 Å². The molecule has 0 saturated heterocycles. The molecular formula is C17H33NO. The summed E-state index contributed by atoms with van der Waals surface area (Å²) in [6.45, 7) is 15.1. The number of nitrogens with one attached hydrogen (secondary N) is 1. The van der Waals surface area contributed by atoms with Crippen molar-refractivity contribution in [3.63, 3.8) is 0 Å². The van der Waals surface area contributed by atoms with E-state index in [4.69, 9.17) is 4.74 Å². The Morgan fingerprint density at radius 1 is 1.11 bits per heavy atom. The second-order valence-electron chi connectivity index (χ2n) is 8.33. The minimum atomic E-state index is 0.292. The van der Waals surface area contributed by atoms with E-state index < -0.39 is 0 Å². The Labute approximate surface area is 119 Å². The highest BCUT2D eigenvalue weighted by molar-refractivity contribution is 5.03. The van der Waals surface area contributed by atoms with Crippen LogP contribution in [0.3, 0.4) is 0 Å². The molecule has 112 valence electrons. The second kappa shape index (κ2) is 5.37. The Hall–Kier alpha value is -0.0800. The van der Waals surface area contributed by atoms with Gasteiger partial charge in [0.25, 0.3) is 0 Å². The average molecular weight is 267 g/mol. The summed E-state index contributed by atoms with van der Waals surface area (Å²) in [6.07, 6.45) is 5.94. The van der Waals surface area contributed by atoms with E-state index in [1.54, 1.807) is 0 Å². The largest absolute Gasteiger partial charge is 0.374 e. The van der Waals surface area contributed by atoms with Crippen molar-refractivity contribution in [1.82, 2.24) is 5.32 Å². The standard InChI is InChI=1S/C17H33NO/c1-7-18-14-9-15(17(14,5)6)19-13-8-12(2)10-16(3,4)11-13/h12-15,18H,7-11H2,1-6H3. The van der Waals surface area contributed by atoms with Crippen LogP contribution in [0.1, 0.15) is 67.2 Å². The van der Waals surface area contributed by atoms with Gasteiger partial charge in [-0.05, 0) is 43.6 Å². The molecule has 2 fully saturated rings. The van der Waals surface area contributed by atoms with Gasteiger partial charge < -0.3 is 10.1 Å². The van der Waals surface area contributed by atoms with Gasteiger partial charge in [-0.25, -0.2) is 0 Å². The molecule has 0 bridgehead atoms. The summed E-state index contributed by atoms with van der Waals surface area (Å²) in [4.78, 5) is 0. The van der Waals surface area contributed by atoms with E-state index in [0.29, 0.717) is 29.1 Å². The quantitative estimate of drug-likeness (QED) is 0.831. The third-order valence-corrected chi connectivity index (χ3v) is 5.33. The van der Waals surface area contributed by atoms with Crippen molar-refractivity contribution in [2.45, 2.75) is 85.5 Å². The fraction of sp³-hybridized carbons (Fsp3) is 1.00. The average Bonchev–Trinajstić information content (AvgIpc) is 2.25. The van der Waals surface area contributed by atoms with Crippen LogP contribution in [0.2, 0.25) is 0 Å². The predicted molar refractivity (Wildman–Crippen MR) is 81.3 cm³/mol. The molecule has 0 aromatic carbocycles. The van der Waals surface area contributed by atoms with E-state index >= 15 is 0 Å². The van der Waals surface area contributed by atoms with Gasteiger partial charge in [0.05, 0.1) is 12.2 Å². The normalized spacial score (nSPS) is 40.7. The van der Waals surface area contributed by atoms with Crippen molar-refractivity contribution < 1.29 is 4.74 Å². The summed E-state index contributed by atoms with van der Waals surface area (Å²) < 4.78 is 6.49. The lowest BCUT2D eigenvalue weighted by Gasteiger charge is -2.54. The predicted octanol–water partition coefficient (Wildman–Crippen LogP) is 3.99. The van der Waals surface area contributed by atoms with Crippen LogP contribution in [0.25, 0.3) is 0 Å². The zero-order valence-corrected chi connectivity index (χ0v) is 13.8. The van der Waals surface area contributed by atoms with Crippen LogP contribution in [-0.4, -0.2) is 24.8 Å². The molecule has 0 radical (unpaired) electrons. The van der Waals surface area contributed by atoms with Gasteiger partial charge in [0, 0.05) is 11.5 Å². The van der Waals surface area contributed by atoms with Gasteiger partial charge in [-0.1, -0.05) is 41.5 Å². The number of rotatable bonds is 4. The van der Waals surface area contributed by atoms with E-state index in [-0.39, 0.29) is 0 Å². The molecule has 0 heterocycles. The monoisotopic (exact) mass is 267 g/mol. The Morgan fingerprint density at radius 2 is 1.79 bits per heavy atom. The number of ether oxygens (including phenoxy) is 1. The third kappa shape index (κ3) is 3.33. The van der Waals surface area contributed by atoms with Crippen molar-refractivity contribution in [3.05, 3.63) is 0 Å². The van der Waals surface area contributed by atoms with Crippen molar-refractivity contribution in [3.8, 4) is 0 Å². The topological polar surface area (TPSA) is 21.3 Å². The van der Waals surface area contributed by atoms with E-state index in [1.165, 1.54) is 25.7 Å². The Kier molecular flexibility index (Phi) is 4.32. The molecule has 0 amide bonds. The summed E-state index contributed by atoms with van der Waals surface area (Å²) in [7, 11) is 0. The molecule has 2 nitrogen and oxygen atoms in total. The first-order valence-electron chi connectivity index (χ1n) is 8.13. The van der Waals surface area contributed by atoms with E-state index in [9.17, 15) is 0 Å². The van der Waals surface area contributed by atoms with Gasteiger partial charge in [0.2, 0.25) is 0 Å². The van der Waals surface area contributed by atoms with Crippen molar-refractivity contribution in [1.29, 1.82) is 0 Å². The number of hydrogen-bond donors (Lipinski definition) is 1. The van der Waals surface area contributed by atoms with Gasteiger partial charge in [-0.2, -0.15) is 0 Å². The van der Waals surface area contributed by atoms with Crippen LogP contribution in [0.5, 0.6) is 0 Å². The SMILES string of the molecule is CCNC1CC(OC2CC(C)CC(C)(C)C2)C1(C)C. The minimum absolute atomic E-state index is 0.292. The van der Waals surface area contributed by atoms with Crippen LogP contribution >= 0.6 is 0 Å². The molecule has 0 aromatic heterocycles. The maximum Gasteiger partial charge on any atom is 0.0659 e. The molecule has 2 rings (SSSR count). The molecule has 0 spiro atoms. The first-order chi connectivity index (χ1) is 8.74. The third-order valence-electron chi connectivity index (χ3n) is 5.33. The molecule has 2 saturated carbocycles. The minimum Gasteiger partial charge on any atom is -0.374 e. The summed E-state index contributed by atoms with van der Waals surface area (Å²) in [5, 5.41) is 3.58. The lowest BCUT2D eigenvalue weighted by Crippen LogP contribution is -2.61. The number of hydrogen-bond acceptors (Lipinski definition) is 2. The van der Waals surface area contributed by atoms with Gasteiger partial charge in [-0.3, -0.25) is 0 Å². The Morgan fingerprint density at radius 3 is 2.32 bits per heavy atom. The van der Waals surface area contributed by atoms with E-state index in [1.807, 2.05) is 0 Å². The molecule has 4 unspecified atom stereocenters. The Balaban J connectivity index is 1.89. The lowest BCUT2D eigenvalue weighted by molar-refractivity contribution is -0.166. The smallest absolute Gasteiger partial charge is 0.0659 e. The molecule has 2 aliphatic carbocycles. The summed E-state index contributed by atoms with van der Waals surface area (Å²) in [5.74, 6) is 0.807. The Bertz CT molecular complexity index is 310. The van der Waals surface area contributed by atoms with E-state index in [2.05, 4.69) is 46.9 Å². The van der Waals surface area contributed by atoms with Gasteiger partial charge in [0.15, 0.2) is 0 Å². The molecule has 2 heteroatoms. The highest BCUT2D eigenvalue weighted by atomic mass is 16.5. The highest BCUT2D eigenvalue weighted by Gasteiger charge is 2.50. The first-order valence-corrected chi connectivity index (χ1v) is 8.13. The highest BCUT2D eigenvalue weighted by Crippen LogP contribution is 2.46. The maximum absolute atomic E-state index is 6.49. The van der Waals surface area contributed by atoms with Crippen LogP contribution in [0.15, 0.2) is 0 Å². The molecule has 0 aromatic rings. The zero-order valence-electron chi connectivity index (χ0n) is 13.8. The van der Waals surface area contributed by atoms with Gasteiger partial charge >= 0.3 is 0 Å². The molecule has 1 N–H and O–H groups in total. The molecule has 2 aliphatic rings. The first kappa shape index (κ1) is 15.3. The molecular weight excluding hydrogens is 234 g/mol. The van der Waals surface area contributed by atoms with Gasteiger partial charge in [-0.15, -0.1) is 0 Å². The lowest BCUT2D eigenvalue weighted by atomic mass is 9.64. The zero-order chi connectivity index (χ0) is 14.3. The van der Waals surface area contributed by atoms with E-state index in [0.717, 1.165) is 12.5 Å². The summed E-state index contributed by atoms with van der Waals surface area (Å²) in [5.41, 5.74) is 0.748. The van der Waals surface area contributed by atoms with Crippen molar-refractivity contribution >= 4 is 0 Å². The van der Waals surface area contributed by atoms with Crippen LogP contribution in [0.4, 0.5) is 0 Å². The molecule has 0 aliphatic heterocycles. The van der Waals surface area contributed by atoms with Gasteiger partial charge in [0.1, 0.15) is 0 Å². The van der Waals surface area contributed by atoms with Crippen LogP contribution in [0, 0.1) is 16.7 Å². The summed E-state index contributed by atoms with van der Waals surface area (Å²) >= 11 is 0. The van der Waals surface area contributed by atoms with Crippen LogP contribution in [-0.2, 0) is 4.74 Å². The maximum atomic E-state index is 6.49. The van der Waals surface area contributed by atoms with Crippen molar-refractivity contribution in [2.75, 3.05) is 6.54 Å². The molecule has 4 atom stereocenters. The second-order valence-corrected chi connectivity index (χ2v) is 8.33. The van der Waals surface area contributed by atoms with Crippen molar-refractivity contribution in [2.24, 2.45) is 16.7 Å². The fourth-order valence-corrected chi connectivity index (χ4v) is 4.30.